The lowest BCUT2D eigenvalue weighted by molar-refractivity contribution is -0.385. The van der Waals surface area contributed by atoms with Gasteiger partial charge in [0, 0.05) is 19.0 Å². The van der Waals surface area contributed by atoms with Crippen molar-refractivity contribution in [3.63, 3.8) is 0 Å². The van der Waals surface area contributed by atoms with Gasteiger partial charge in [0.05, 0.1) is 4.92 Å². The minimum Gasteiger partial charge on any atom is -0.353 e. The zero-order valence-corrected chi connectivity index (χ0v) is 13.1. The SMILES string of the molecule is Cl.NCC1CCCCC1NC(=O)CCn1cc([N+](=O)[O-])cn1. The van der Waals surface area contributed by atoms with E-state index in [2.05, 4.69) is 10.4 Å². The van der Waals surface area contributed by atoms with Gasteiger partial charge in [0.1, 0.15) is 12.4 Å². The Balaban J connectivity index is 0.00000242. The molecule has 3 N–H and O–H groups in total. The first-order valence-electron chi connectivity index (χ1n) is 7.26. The highest BCUT2D eigenvalue weighted by atomic mass is 35.5. The summed E-state index contributed by atoms with van der Waals surface area (Å²) in [4.78, 5) is 22.0. The second-order valence-electron chi connectivity index (χ2n) is 5.42. The van der Waals surface area contributed by atoms with Crippen LogP contribution in [-0.4, -0.2) is 33.2 Å². The highest BCUT2D eigenvalue weighted by Crippen LogP contribution is 2.23. The topological polar surface area (TPSA) is 116 Å². The van der Waals surface area contributed by atoms with E-state index >= 15 is 0 Å². The summed E-state index contributed by atoms with van der Waals surface area (Å²) in [5.41, 5.74) is 5.67. The molecule has 0 bridgehead atoms. The second kappa shape index (κ2) is 8.70. The first-order chi connectivity index (χ1) is 10.1. The Morgan fingerprint density at radius 3 is 2.86 bits per heavy atom. The first-order valence-corrected chi connectivity index (χ1v) is 7.26. The van der Waals surface area contributed by atoms with Crippen LogP contribution in [0.5, 0.6) is 0 Å². The van der Waals surface area contributed by atoms with Crippen molar-refractivity contribution in [3.05, 3.63) is 22.5 Å². The van der Waals surface area contributed by atoms with E-state index < -0.39 is 4.92 Å². The molecule has 1 heterocycles. The number of hydrogen-bond acceptors (Lipinski definition) is 5. The molecule has 8 nitrogen and oxygen atoms in total. The summed E-state index contributed by atoms with van der Waals surface area (Å²) in [5, 5.41) is 17.4. The smallest absolute Gasteiger partial charge is 0.306 e. The number of rotatable bonds is 6. The molecule has 1 aliphatic rings. The van der Waals surface area contributed by atoms with Gasteiger partial charge in [-0.3, -0.25) is 19.6 Å². The van der Waals surface area contributed by atoms with Crippen LogP contribution in [0.4, 0.5) is 5.69 Å². The fourth-order valence-corrected chi connectivity index (χ4v) is 2.74. The van der Waals surface area contributed by atoms with Crippen molar-refractivity contribution >= 4 is 24.0 Å². The maximum absolute atomic E-state index is 12.0. The predicted molar refractivity (Wildman–Crippen MR) is 83.7 cm³/mol. The Kier molecular flexibility index (Phi) is 7.26. The number of amides is 1. The zero-order valence-electron chi connectivity index (χ0n) is 12.3. The maximum atomic E-state index is 12.0. The van der Waals surface area contributed by atoms with Crippen molar-refractivity contribution in [1.82, 2.24) is 15.1 Å². The van der Waals surface area contributed by atoms with E-state index in [1.807, 2.05) is 0 Å². The molecule has 1 amide bonds. The van der Waals surface area contributed by atoms with Crippen LogP contribution in [0.25, 0.3) is 0 Å². The van der Waals surface area contributed by atoms with E-state index in [9.17, 15) is 14.9 Å². The molecule has 124 valence electrons. The minimum atomic E-state index is -0.503. The molecule has 2 atom stereocenters. The van der Waals surface area contributed by atoms with Gasteiger partial charge in [0.15, 0.2) is 0 Å². The summed E-state index contributed by atoms with van der Waals surface area (Å²) in [5.74, 6) is 0.298. The third kappa shape index (κ3) is 4.96. The van der Waals surface area contributed by atoms with Gasteiger partial charge in [-0.1, -0.05) is 12.8 Å². The number of carbonyl (C=O) groups is 1. The molecule has 0 aromatic carbocycles. The summed E-state index contributed by atoms with van der Waals surface area (Å²) in [6, 6.07) is 0.156. The van der Waals surface area contributed by atoms with Crippen molar-refractivity contribution in [1.29, 1.82) is 0 Å². The Hall–Kier alpha value is -1.67. The number of nitrogens with two attached hydrogens (primary N) is 1. The Morgan fingerprint density at radius 1 is 1.50 bits per heavy atom. The summed E-state index contributed by atoms with van der Waals surface area (Å²) in [6.45, 7) is 0.927. The van der Waals surface area contributed by atoms with Crippen molar-refractivity contribution < 1.29 is 9.72 Å². The van der Waals surface area contributed by atoms with Crippen molar-refractivity contribution in [3.8, 4) is 0 Å². The highest BCUT2D eigenvalue weighted by Gasteiger charge is 2.25. The van der Waals surface area contributed by atoms with E-state index in [0.29, 0.717) is 19.0 Å². The fourth-order valence-electron chi connectivity index (χ4n) is 2.74. The quantitative estimate of drug-likeness (QED) is 0.601. The third-order valence-corrected chi connectivity index (χ3v) is 3.96. The molecule has 2 unspecified atom stereocenters. The number of aryl methyl sites for hydroxylation is 1. The molecule has 2 rings (SSSR count). The number of halogens is 1. The molecule has 0 radical (unpaired) electrons. The van der Waals surface area contributed by atoms with Crippen LogP contribution in [0.3, 0.4) is 0 Å². The Labute approximate surface area is 135 Å². The molecule has 1 saturated carbocycles. The molecule has 1 aliphatic carbocycles. The summed E-state index contributed by atoms with van der Waals surface area (Å²) >= 11 is 0. The van der Waals surface area contributed by atoms with E-state index in [0.717, 1.165) is 19.3 Å². The van der Waals surface area contributed by atoms with Gasteiger partial charge in [-0.2, -0.15) is 5.10 Å². The van der Waals surface area contributed by atoms with Crippen LogP contribution in [0, 0.1) is 16.0 Å². The number of hydrogen-bond donors (Lipinski definition) is 2. The normalized spacial score (nSPS) is 21.0. The molecule has 1 aromatic heterocycles. The van der Waals surface area contributed by atoms with Gasteiger partial charge in [-0.05, 0) is 25.3 Å². The summed E-state index contributed by atoms with van der Waals surface area (Å²) in [7, 11) is 0. The zero-order chi connectivity index (χ0) is 15.2. The lowest BCUT2D eigenvalue weighted by Crippen LogP contribution is -2.44. The lowest BCUT2D eigenvalue weighted by Gasteiger charge is -2.31. The van der Waals surface area contributed by atoms with Crippen LogP contribution in [0.2, 0.25) is 0 Å². The van der Waals surface area contributed by atoms with Gasteiger partial charge >= 0.3 is 5.69 Å². The molecular weight excluding hydrogens is 310 g/mol. The monoisotopic (exact) mass is 331 g/mol. The van der Waals surface area contributed by atoms with E-state index in [4.69, 9.17) is 5.73 Å². The Morgan fingerprint density at radius 2 is 2.23 bits per heavy atom. The first kappa shape index (κ1) is 18.4. The van der Waals surface area contributed by atoms with Crippen LogP contribution in [0.1, 0.15) is 32.1 Å². The summed E-state index contributed by atoms with van der Waals surface area (Å²) in [6.07, 6.45) is 7.10. The van der Waals surface area contributed by atoms with E-state index in [-0.39, 0.29) is 36.5 Å². The second-order valence-corrected chi connectivity index (χ2v) is 5.42. The molecule has 0 aliphatic heterocycles. The molecule has 0 spiro atoms. The van der Waals surface area contributed by atoms with Gasteiger partial charge in [0.2, 0.25) is 5.91 Å². The van der Waals surface area contributed by atoms with E-state index in [1.165, 1.54) is 23.5 Å². The average molecular weight is 332 g/mol. The van der Waals surface area contributed by atoms with Gasteiger partial charge < -0.3 is 11.1 Å². The molecular formula is C13H22ClN5O3. The maximum Gasteiger partial charge on any atom is 0.306 e. The summed E-state index contributed by atoms with van der Waals surface area (Å²) < 4.78 is 1.42. The van der Waals surface area contributed by atoms with Gasteiger partial charge in [-0.25, -0.2) is 0 Å². The van der Waals surface area contributed by atoms with Crippen LogP contribution in [0.15, 0.2) is 12.4 Å². The van der Waals surface area contributed by atoms with Gasteiger partial charge in [0.25, 0.3) is 0 Å². The van der Waals surface area contributed by atoms with Crippen LogP contribution >= 0.6 is 12.4 Å². The van der Waals surface area contributed by atoms with Gasteiger partial charge in [-0.15, -0.1) is 12.4 Å². The highest BCUT2D eigenvalue weighted by molar-refractivity contribution is 5.85. The standard InChI is InChI=1S/C13H21N5O3.ClH/c14-7-10-3-1-2-4-12(10)16-13(19)5-6-17-9-11(8-15-17)18(20)21;/h8-10,12H,1-7,14H2,(H,16,19);1H. The Bertz CT molecular complexity index is 508. The number of carbonyl (C=O) groups excluding carboxylic acids is 1. The molecule has 9 heteroatoms. The number of aromatic nitrogens is 2. The molecule has 1 fully saturated rings. The fraction of sp³-hybridized carbons (Fsp3) is 0.692. The predicted octanol–water partition coefficient (Wildman–Crippen LogP) is 1.24. The average Bonchev–Trinajstić information content (AvgIpc) is 2.95. The van der Waals surface area contributed by atoms with E-state index in [1.54, 1.807) is 0 Å². The third-order valence-electron chi connectivity index (χ3n) is 3.96. The minimum absolute atomic E-state index is 0. The van der Waals surface area contributed by atoms with Crippen molar-refractivity contribution in [2.75, 3.05) is 6.54 Å². The number of nitro groups is 1. The van der Waals surface area contributed by atoms with Crippen molar-refractivity contribution in [2.45, 2.75) is 44.7 Å². The molecule has 22 heavy (non-hydrogen) atoms. The largest absolute Gasteiger partial charge is 0.353 e. The number of nitrogens with one attached hydrogen (secondary N) is 1. The van der Waals surface area contributed by atoms with Crippen LogP contribution < -0.4 is 11.1 Å². The van der Waals surface area contributed by atoms with Crippen molar-refractivity contribution in [2.24, 2.45) is 11.7 Å². The molecule has 0 saturated heterocycles. The lowest BCUT2D eigenvalue weighted by atomic mass is 9.84. The molecule has 1 aromatic rings. The van der Waals surface area contributed by atoms with Crippen LogP contribution in [-0.2, 0) is 11.3 Å². The number of nitrogens with zero attached hydrogens (tertiary/aromatic N) is 3.